The molecule has 102 valence electrons. The Bertz CT molecular complexity index is 450. The van der Waals surface area contributed by atoms with Gasteiger partial charge in [-0.15, -0.1) is 0 Å². The van der Waals surface area contributed by atoms with Crippen LogP contribution in [-0.2, 0) is 6.54 Å². The fraction of sp³-hybridized carbons (Fsp3) is 0.385. The summed E-state index contributed by atoms with van der Waals surface area (Å²) < 4.78 is 0. The van der Waals surface area contributed by atoms with Crippen LogP contribution < -0.4 is 29.6 Å². The molecule has 0 heterocycles. The number of halogens is 1. The minimum Gasteiger partial charge on any atom is -0.390 e. The summed E-state index contributed by atoms with van der Waals surface area (Å²) in [6.45, 7) is 3.08. The minimum absolute atomic E-state index is 0. The van der Waals surface area contributed by atoms with Crippen molar-refractivity contribution in [3.63, 3.8) is 0 Å². The predicted octanol–water partition coefficient (Wildman–Crippen LogP) is 0.874. The van der Waals surface area contributed by atoms with Gasteiger partial charge < -0.3 is 10.2 Å². The standard InChI is InChI=1S/C13H16ClN3OS.Na/c1-2-19-8-7-17(13(18)16-10-15)9-11-3-5-12(14)6-4-11;/h3-6H,2,7-9H2,1H3,(H,16,18);/q;+1/p-1. The van der Waals surface area contributed by atoms with Gasteiger partial charge in [0.25, 0.3) is 0 Å². The van der Waals surface area contributed by atoms with Crippen molar-refractivity contribution >= 4 is 29.4 Å². The monoisotopic (exact) mass is 319 g/mol. The first-order valence-corrected chi connectivity index (χ1v) is 7.41. The van der Waals surface area contributed by atoms with Crippen LogP contribution in [-0.4, -0.2) is 29.0 Å². The van der Waals surface area contributed by atoms with E-state index in [4.69, 9.17) is 16.9 Å². The van der Waals surface area contributed by atoms with Crippen LogP contribution in [0.5, 0.6) is 0 Å². The first-order chi connectivity index (χ1) is 9.17. The molecule has 2 amide bonds. The summed E-state index contributed by atoms with van der Waals surface area (Å²) in [7, 11) is 0. The summed E-state index contributed by atoms with van der Waals surface area (Å²) >= 11 is 7.56. The number of urea groups is 1. The number of benzene rings is 1. The molecule has 0 atom stereocenters. The number of nitriles is 1. The average Bonchev–Trinajstić information content (AvgIpc) is 2.40. The van der Waals surface area contributed by atoms with Gasteiger partial charge in [0.1, 0.15) is 0 Å². The second-order valence-electron chi connectivity index (χ2n) is 3.74. The van der Waals surface area contributed by atoms with Crippen molar-refractivity contribution in [1.29, 1.82) is 5.26 Å². The maximum Gasteiger partial charge on any atom is 1.00 e. The maximum atomic E-state index is 11.7. The van der Waals surface area contributed by atoms with Crippen LogP contribution in [0.3, 0.4) is 0 Å². The number of carbonyl (C=O) groups excluding carboxylic acids is 1. The third-order valence-corrected chi connectivity index (χ3v) is 3.54. The molecule has 0 aliphatic rings. The van der Waals surface area contributed by atoms with Gasteiger partial charge in [0.2, 0.25) is 6.03 Å². The molecule has 0 unspecified atom stereocenters. The van der Waals surface area contributed by atoms with Crippen LogP contribution in [0.2, 0.25) is 5.02 Å². The van der Waals surface area contributed by atoms with Gasteiger partial charge in [-0.2, -0.15) is 11.8 Å². The zero-order chi connectivity index (χ0) is 14.1. The minimum atomic E-state index is -0.492. The largest absolute Gasteiger partial charge is 1.00 e. The molecule has 0 aromatic heterocycles. The Morgan fingerprint density at radius 1 is 1.45 bits per heavy atom. The number of thioether (sulfide) groups is 1. The van der Waals surface area contributed by atoms with E-state index in [2.05, 4.69) is 12.2 Å². The fourth-order valence-corrected chi connectivity index (χ4v) is 2.25. The molecule has 0 N–H and O–H groups in total. The quantitative estimate of drug-likeness (QED) is 0.444. The van der Waals surface area contributed by atoms with Crippen molar-refractivity contribution in [2.24, 2.45) is 0 Å². The predicted molar refractivity (Wildman–Crippen MR) is 79.2 cm³/mol. The molecule has 0 aliphatic carbocycles. The van der Waals surface area contributed by atoms with Gasteiger partial charge in [0.05, 0.1) is 0 Å². The first-order valence-electron chi connectivity index (χ1n) is 5.88. The van der Waals surface area contributed by atoms with E-state index in [0.29, 0.717) is 18.1 Å². The van der Waals surface area contributed by atoms with Crippen molar-refractivity contribution in [1.82, 2.24) is 4.90 Å². The summed E-state index contributed by atoms with van der Waals surface area (Å²) in [4.78, 5) is 13.3. The third-order valence-electron chi connectivity index (χ3n) is 2.41. The van der Waals surface area contributed by atoms with E-state index < -0.39 is 6.03 Å². The second kappa shape index (κ2) is 11.3. The second-order valence-corrected chi connectivity index (χ2v) is 5.57. The SMILES string of the molecule is CCSCCN(Cc1ccc(Cl)cc1)C(=O)[N-]C#N.[Na+]. The Morgan fingerprint density at radius 2 is 2.10 bits per heavy atom. The number of amides is 2. The number of hydrogen-bond acceptors (Lipinski definition) is 3. The molecule has 0 bridgehead atoms. The topological polar surface area (TPSA) is 58.2 Å². The normalized spacial score (nSPS) is 9.25. The molecule has 4 nitrogen and oxygen atoms in total. The molecule has 1 rings (SSSR count). The summed E-state index contributed by atoms with van der Waals surface area (Å²) in [6, 6.07) is 6.79. The van der Waals surface area contributed by atoms with Crippen molar-refractivity contribution in [3.05, 3.63) is 40.2 Å². The van der Waals surface area contributed by atoms with E-state index in [1.165, 1.54) is 6.19 Å². The van der Waals surface area contributed by atoms with Crippen LogP contribution >= 0.6 is 23.4 Å². The number of carbonyl (C=O) groups is 1. The summed E-state index contributed by atoms with van der Waals surface area (Å²) in [5.74, 6) is 1.83. The summed E-state index contributed by atoms with van der Waals surface area (Å²) in [5.41, 5.74) is 0.965. The zero-order valence-corrected chi connectivity index (χ0v) is 15.2. The number of rotatable bonds is 6. The molecule has 0 spiro atoms. The summed E-state index contributed by atoms with van der Waals surface area (Å²) in [6.07, 6.45) is 1.54. The fourth-order valence-electron chi connectivity index (χ4n) is 1.49. The zero-order valence-electron chi connectivity index (χ0n) is 11.7. The van der Waals surface area contributed by atoms with Gasteiger partial charge in [-0.3, -0.25) is 10.1 Å². The van der Waals surface area contributed by atoms with E-state index in [-0.39, 0.29) is 29.6 Å². The Hall–Kier alpha value is -0.380. The Morgan fingerprint density at radius 3 is 2.65 bits per heavy atom. The van der Waals surface area contributed by atoms with E-state index in [9.17, 15) is 4.79 Å². The molecule has 0 saturated carbocycles. The van der Waals surface area contributed by atoms with Gasteiger partial charge in [-0.1, -0.05) is 30.7 Å². The van der Waals surface area contributed by atoms with E-state index in [1.807, 2.05) is 12.1 Å². The number of nitrogens with zero attached hydrogens (tertiary/aromatic N) is 3. The average molecular weight is 320 g/mol. The van der Waals surface area contributed by atoms with Gasteiger partial charge in [-0.25, -0.2) is 0 Å². The Labute approximate surface area is 151 Å². The maximum absolute atomic E-state index is 11.7. The number of hydrogen-bond donors (Lipinski definition) is 0. The molecule has 20 heavy (non-hydrogen) atoms. The van der Waals surface area contributed by atoms with E-state index >= 15 is 0 Å². The van der Waals surface area contributed by atoms with Crippen LogP contribution in [0.25, 0.3) is 5.32 Å². The van der Waals surface area contributed by atoms with E-state index in [1.54, 1.807) is 28.8 Å². The molecule has 1 aromatic carbocycles. The van der Waals surface area contributed by atoms with Crippen molar-refractivity contribution < 1.29 is 34.4 Å². The first kappa shape index (κ1) is 19.6. The molecule has 7 heteroatoms. The van der Waals surface area contributed by atoms with Gasteiger partial charge in [0.15, 0.2) is 0 Å². The van der Waals surface area contributed by atoms with Crippen molar-refractivity contribution in [2.75, 3.05) is 18.1 Å². The van der Waals surface area contributed by atoms with Gasteiger partial charge in [-0.05, 0) is 35.7 Å². The molecular weight excluding hydrogens is 305 g/mol. The van der Waals surface area contributed by atoms with Crippen LogP contribution in [0.1, 0.15) is 12.5 Å². The molecular formula is C13H15ClN3NaOS. The Balaban J connectivity index is 0.00000361. The van der Waals surface area contributed by atoms with Gasteiger partial charge >= 0.3 is 29.6 Å². The van der Waals surface area contributed by atoms with Crippen LogP contribution in [0.4, 0.5) is 4.79 Å². The van der Waals surface area contributed by atoms with Gasteiger partial charge in [0, 0.05) is 17.8 Å². The summed E-state index contributed by atoms with van der Waals surface area (Å²) in [5, 5.41) is 12.4. The van der Waals surface area contributed by atoms with E-state index in [0.717, 1.165) is 17.1 Å². The molecule has 1 aromatic rings. The van der Waals surface area contributed by atoms with Crippen molar-refractivity contribution in [3.8, 4) is 6.19 Å². The molecule has 0 radical (unpaired) electrons. The smallest absolute Gasteiger partial charge is 0.390 e. The molecule has 0 aliphatic heterocycles. The molecule has 0 fully saturated rings. The van der Waals surface area contributed by atoms with Crippen LogP contribution in [0.15, 0.2) is 24.3 Å². The Kier molecular flexibility index (Phi) is 11.1. The van der Waals surface area contributed by atoms with Crippen molar-refractivity contribution in [2.45, 2.75) is 13.5 Å². The van der Waals surface area contributed by atoms with Crippen LogP contribution in [0, 0.1) is 11.5 Å². The molecule has 0 saturated heterocycles. The third kappa shape index (κ3) is 7.41.